The first-order valence-corrected chi connectivity index (χ1v) is 5.68. The Morgan fingerprint density at radius 2 is 2.12 bits per heavy atom. The fourth-order valence-electron chi connectivity index (χ4n) is 1.27. The second-order valence-electron chi connectivity index (χ2n) is 4.19. The van der Waals surface area contributed by atoms with Crippen LogP contribution in [0.5, 0.6) is 0 Å². The number of hydrogen-bond donors (Lipinski definition) is 0. The lowest BCUT2D eigenvalue weighted by atomic mass is 9.97. The molecule has 4 heteroatoms. The van der Waals surface area contributed by atoms with Crippen LogP contribution in [-0.2, 0) is 4.74 Å². The van der Waals surface area contributed by atoms with Crippen LogP contribution in [0.1, 0.15) is 30.6 Å². The smallest absolute Gasteiger partial charge is 0.168 e. The highest BCUT2D eigenvalue weighted by atomic mass is 79.9. The molecule has 0 unspecified atom stereocenters. The van der Waals surface area contributed by atoms with E-state index in [-0.39, 0.29) is 17.8 Å². The molecular formula is C12H14BrFO2. The standard InChI is InChI=1S/C12H14BrFO2/c1-12(2,16-3)7-11(15)9-6-8(13)4-5-10(9)14/h4-6H,7H2,1-3H3. The Morgan fingerprint density at radius 3 is 2.69 bits per heavy atom. The van der Waals surface area contributed by atoms with Crippen LogP contribution >= 0.6 is 15.9 Å². The van der Waals surface area contributed by atoms with Gasteiger partial charge in [0, 0.05) is 18.0 Å². The van der Waals surface area contributed by atoms with Gasteiger partial charge in [0.05, 0.1) is 11.2 Å². The van der Waals surface area contributed by atoms with Crippen LogP contribution in [0.15, 0.2) is 22.7 Å². The van der Waals surface area contributed by atoms with Crippen LogP contribution in [-0.4, -0.2) is 18.5 Å². The zero-order valence-corrected chi connectivity index (χ0v) is 11.1. The molecule has 0 aromatic heterocycles. The normalized spacial score (nSPS) is 11.6. The third kappa shape index (κ3) is 3.39. The summed E-state index contributed by atoms with van der Waals surface area (Å²) in [5, 5.41) is 0. The van der Waals surface area contributed by atoms with Crippen LogP contribution in [0.25, 0.3) is 0 Å². The summed E-state index contributed by atoms with van der Waals surface area (Å²) in [6.45, 7) is 3.58. The van der Waals surface area contributed by atoms with E-state index in [4.69, 9.17) is 4.74 Å². The van der Waals surface area contributed by atoms with E-state index >= 15 is 0 Å². The number of carbonyl (C=O) groups is 1. The van der Waals surface area contributed by atoms with Gasteiger partial charge in [0.15, 0.2) is 5.78 Å². The van der Waals surface area contributed by atoms with Gasteiger partial charge >= 0.3 is 0 Å². The van der Waals surface area contributed by atoms with E-state index < -0.39 is 11.4 Å². The van der Waals surface area contributed by atoms with Crippen LogP contribution in [0.3, 0.4) is 0 Å². The number of rotatable bonds is 4. The van der Waals surface area contributed by atoms with Crippen LogP contribution in [0, 0.1) is 5.82 Å². The minimum absolute atomic E-state index is 0.0968. The Morgan fingerprint density at radius 1 is 1.50 bits per heavy atom. The minimum atomic E-state index is -0.578. The molecule has 88 valence electrons. The summed E-state index contributed by atoms with van der Waals surface area (Å²) in [6, 6.07) is 4.33. The van der Waals surface area contributed by atoms with Gasteiger partial charge in [-0.2, -0.15) is 0 Å². The van der Waals surface area contributed by atoms with Gasteiger partial charge in [-0.15, -0.1) is 0 Å². The molecule has 0 spiro atoms. The fourth-order valence-corrected chi connectivity index (χ4v) is 1.63. The third-order valence-corrected chi connectivity index (χ3v) is 2.86. The second kappa shape index (κ2) is 5.06. The van der Waals surface area contributed by atoms with Crippen molar-refractivity contribution < 1.29 is 13.9 Å². The number of ether oxygens (including phenoxy) is 1. The maximum Gasteiger partial charge on any atom is 0.168 e. The number of hydrogen-bond acceptors (Lipinski definition) is 2. The molecule has 1 rings (SSSR count). The van der Waals surface area contributed by atoms with E-state index in [9.17, 15) is 9.18 Å². The Bertz CT molecular complexity index is 402. The first kappa shape index (κ1) is 13.3. The second-order valence-corrected chi connectivity index (χ2v) is 5.10. The molecule has 1 aromatic rings. The van der Waals surface area contributed by atoms with E-state index in [1.807, 2.05) is 0 Å². The molecule has 0 aliphatic heterocycles. The van der Waals surface area contributed by atoms with E-state index in [1.165, 1.54) is 19.2 Å². The molecule has 0 bridgehead atoms. The summed E-state index contributed by atoms with van der Waals surface area (Å²) in [6.07, 6.45) is 0.150. The highest BCUT2D eigenvalue weighted by Crippen LogP contribution is 2.21. The number of benzene rings is 1. The van der Waals surface area contributed by atoms with Crippen molar-refractivity contribution >= 4 is 21.7 Å². The van der Waals surface area contributed by atoms with E-state index in [1.54, 1.807) is 19.9 Å². The van der Waals surface area contributed by atoms with Gasteiger partial charge in [-0.1, -0.05) is 15.9 Å². The Kier molecular flexibility index (Phi) is 4.21. The van der Waals surface area contributed by atoms with E-state index in [0.717, 1.165) is 0 Å². The van der Waals surface area contributed by atoms with Gasteiger partial charge in [-0.05, 0) is 32.0 Å². The first-order chi connectivity index (χ1) is 7.35. The maximum absolute atomic E-state index is 13.4. The summed E-state index contributed by atoms with van der Waals surface area (Å²) in [5.41, 5.74) is -0.481. The maximum atomic E-state index is 13.4. The number of carbonyl (C=O) groups excluding carboxylic acids is 1. The SMILES string of the molecule is COC(C)(C)CC(=O)c1cc(Br)ccc1F. The van der Waals surface area contributed by atoms with Crippen molar-refractivity contribution in [2.24, 2.45) is 0 Å². The minimum Gasteiger partial charge on any atom is -0.378 e. The Labute approximate surface area is 103 Å². The summed E-state index contributed by atoms with van der Waals surface area (Å²) < 4.78 is 19.2. The van der Waals surface area contributed by atoms with Gasteiger partial charge in [0.1, 0.15) is 5.82 Å². The molecule has 0 N–H and O–H groups in total. The van der Waals surface area contributed by atoms with Crippen LogP contribution in [0.4, 0.5) is 4.39 Å². The molecular weight excluding hydrogens is 275 g/mol. The molecule has 0 atom stereocenters. The lowest BCUT2D eigenvalue weighted by Crippen LogP contribution is -2.26. The highest BCUT2D eigenvalue weighted by Gasteiger charge is 2.23. The molecule has 16 heavy (non-hydrogen) atoms. The predicted octanol–water partition coefficient (Wildman–Crippen LogP) is 3.59. The summed E-state index contributed by atoms with van der Waals surface area (Å²) >= 11 is 3.21. The average molecular weight is 289 g/mol. The van der Waals surface area contributed by atoms with Crippen molar-refractivity contribution in [1.82, 2.24) is 0 Å². The number of methoxy groups -OCH3 is 1. The molecule has 0 radical (unpaired) electrons. The summed E-state index contributed by atoms with van der Waals surface area (Å²) in [4.78, 5) is 11.9. The number of ketones is 1. The Hall–Kier alpha value is -0.740. The van der Waals surface area contributed by atoms with Crippen molar-refractivity contribution in [2.75, 3.05) is 7.11 Å². The predicted molar refractivity (Wildman–Crippen MR) is 64.1 cm³/mol. The average Bonchev–Trinajstić information content (AvgIpc) is 2.21. The molecule has 0 aliphatic rings. The number of Topliss-reactive ketones (excluding diaryl/α,β-unsaturated/α-hetero) is 1. The lowest BCUT2D eigenvalue weighted by molar-refractivity contribution is 0.0171. The van der Waals surface area contributed by atoms with Gasteiger partial charge in [-0.25, -0.2) is 4.39 Å². The van der Waals surface area contributed by atoms with Gasteiger partial charge in [0.25, 0.3) is 0 Å². The third-order valence-electron chi connectivity index (χ3n) is 2.37. The zero-order valence-electron chi connectivity index (χ0n) is 9.51. The molecule has 0 fully saturated rings. The van der Waals surface area contributed by atoms with E-state index in [2.05, 4.69) is 15.9 Å². The molecule has 0 heterocycles. The van der Waals surface area contributed by atoms with Crippen molar-refractivity contribution in [2.45, 2.75) is 25.9 Å². The molecule has 0 aliphatic carbocycles. The monoisotopic (exact) mass is 288 g/mol. The molecule has 2 nitrogen and oxygen atoms in total. The molecule has 0 amide bonds. The summed E-state index contributed by atoms with van der Waals surface area (Å²) in [7, 11) is 1.53. The lowest BCUT2D eigenvalue weighted by Gasteiger charge is -2.21. The quantitative estimate of drug-likeness (QED) is 0.792. The van der Waals surface area contributed by atoms with Gasteiger partial charge in [-0.3, -0.25) is 4.79 Å². The van der Waals surface area contributed by atoms with E-state index in [0.29, 0.717) is 4.47 Å². The van der Waals surface area contributed by atoms with Crippen molar-refractivity contribution in [3.63, 3.8) is 0 Å². The highest BCUT2D eigenvalue weighted by molar-refractivity contribution is 9.10. The summed E-state index contributed by atoms with van der Waals surface area (Å²) in [5.74, 6) is -0.759. The molecule has 0 saturated heterocycles. The topological polar surface area (TPSA) is 26.3 Å². The molecule has 0 saturated carbocycles. The van der Waals surface area contributed by atoms with Crippen molar-refractivity contribution in [3.05, 3.63) is 34.1 Å². The fraction of sp³-hybridized carbons (Fsp3) is 0.417. The Balaban J connectivity index is 2.93. The van der Waals surface area contributed by atoms with Crippen molar-refractivity contribution in [3.8, 4) is 0 Å². The molecule has 1 aromatic carbocycles. The largest absolute Gasteiger partial charge is 0.378 e. The van der Waals surface area contributed by atoms with Gasteiger partial charge in [0.2, 0.25) is 0 Å². The van der Waals surface area contributed by atoms with Crippen LogP contribution < -0.4 is 0 Å². The first-order valence-electron chi connectivity index (χ1n) is 4.89. The van der Waals surface area contributed by atoms with Gasteiger partial charge < -0.3 is 4.74 Å². The van der Waals surface area contributed by atoms with Crippen molar-refractivity contribution in [1.29, 1.82) is 0 Å². The zero-order chi connectivity index (χ0) is 12.3. The number of halogens is 2. The van der Waals surface area contributed by atoms with Crippen LogP contribution in [0.2, 0.25) is 0 Å².